The molecule has 0 spiro atoms. The van der Waals surface area contributed by atoms with Crippen molar-refractivity contribution in [3.05, 3.63) is 70.1 Å². The third kappa shape index (κ3) is 2.30. The molecular formula is C19H15N3O3. The van der Waals surface area contributed by atoms with Gasteiger partial charge in [-0.25, -0.2) is 0 Å². The predicted molar refractivity (Wildman–Crippen MR) is 94.1 cm³/mol. The first kappa shape index (κ1) is 14.0. The predicted octanol–water partition coefficient (Wildman–Crippen LogP) is 3.17. The minimum Gasteiger partial charge on any atom is -0.454 e. The molecule has 3 heterocycles. The second kappa shape index (κ2) is 5.31. The normalized spacial score (nSPS) is 12.8. The van der Waals surface area contributed by atoms with Crippen molar-refractivity contribution in [1.82, 2.24) is 15.2 Å². The third-order valence-corrected chi connectivity index (χ3v) is 4.54. The molecule has 0 radical (unpaired) electrons. The van der Waals surface area contributed by atoms with E-state index in [9.17, 15) is 4.79 Å². The fourth-order valence-electron chi connectivity index (χ4n) is 3.27. The summed E-state index contributed by atoms with van der Waals surface area (Å²) < 4.78 is 10.8. The zero-order valence-corrected chi connectivity index (χ0v) is 13.3. The van der Waals surface area contributed by atoms with Gasteiger partial charge in [-0.3, -0.25) is 15.0 Å². The van der Waals surface area contributed by atoms with E-state index in [0.717, 1.165) is 33.5 Å². The number of rotatable bonds is 3. The number of benzene rings is 2. The molecule has 5 rings (SSSR count). The average Bonchev–Trinajstić information content (AvgIpc) is 3.34. The molecule has 0 saturated carbocycles. The van der Waals surface area contributed by atoms with Crippen molar-refractivity contribution in [2.45, 2.75) is 6.42 Å². The topological polar surface area (TPSA) is 82.9 Å². The van der Waals surface area contributed by atoms with Gasteiger partial charge in [0.25, 0.3) is 5.56 Å². The van der Waals surface area contributed by atoms with E-state index in [1.165, 1.54) is 0 Å². The molecular weight excluding hydrogens is 318 g/mol. The van der Waals surface area contributed by atoms with Gasteiger partial charge in [0, 0.05) is 29.3 Å². The van der Waals surface area contributed by atoms with Gasteiger partial charge in [-0.1, -0.05) is 6.07 Å². The fourth-order valence-corrected chi connectivity index (χ4v) is 3.27. The van der Waals surface area contributed by atoms with E-state index in [1.807, 2.05) is 42.6 Å². The molecule has 25 heavy (non-hydrogen) atoms. The number of H-pyrrole nitrogens is 3. The summed E-state index contributed by atoms with van der Waals surface area (Å²) >= 11 is 0. The Labute approximate surface area is 142 Å². The van der Waals surface area contributed by atoms with Gasteiger partial charge >= 0.3 is 0 Å². The van der Waals surface area contributed by atoms with Crippen LogP contribution in [0.3, 0.4) is 0 Å². The van der Waals surface area contributed by atoms with Crippen LogP contribution in [-0.2, 0) is 6.42 Å². The summed E-state index contributed by atoms with van der Waals surface area (Å²) in [6.07, 6.45) is 2.46. The Morgan fingerprint density at radius 2 is 1.88 bits per heavy atom. The van der Waals surface area contributed by atoms with E-state index in [2.05, 4.69) is 21.2 Å². The van der Waals surface area contributed by atoms with Gasteiger partial charge in [-0.05, 0) is 47.3 Å². The summed E-state index contributed by atoms with van der Waals surface area (Å²) in [4.78, 5) is 15.5. The Kier molecular flexibility index (Phi) is 2.97. The smallest absolute Gasteiger partial charge is 0.268 e. The molecule has 1 aliphatic rings. The Bertz CT molecular complexity index is 1140. The molecule has 124 valence electrons. The molecule has 0 atom stereocenters. The molecule has 3 N–H and O–H groups in total. The summed E-state index contributed by atoms with van der Waals surface area (Å²) in [6, 6.07) is 13.9. The monoisotopic (exact) mass is 333 g/mol. The van der Waals surface area contributed by atoms with Crippen molar-refractivity contribution in [2.24, 2.45) is 0 Å². The number of aromatic amines is 3. The lowest BCUT2D eigenvalue weighted by atomic mass is 10.0. The molecule has 0 bridgehead atoms. The zero-order valence-electron chi connectivity index (χ0n) is 13.3. The van der Waals surface area contributed by atoms with Crippen molar-refractivity contribution in [3.63, 3.8) is 0 Å². The molecule has 2 aromatic heterocycles. The number of hydrogen-bond acceptors (Lipinski definition) is 3. The van der Waals surface area contributed by atoms with Gasteiger partial charge in [0.05, 0.1) is 5.69 Å². The van der Waals surface area contributed by atoms with Crippen LogP contribution in [0.2, 0.25) is 0 Å². The summed E-state index contributed by atoms with van der Waals surface area (Å²) in [6.45, 7) is 0.228. The van der Waals surface area contributed by atoms with E-state index in [-0.39, 0.29) is 12.4 Å². The number of ether oxygens (including phenoxy) is 2. The van der Waals surface area contributed by atoms with Crippen LogP contribution in [0, 0.1) is 0 Å². The van der Waals surface area contributed by atoms with Crippen molar-refractivity contribution >= 4 is 10.9 Å². The molecule has 0 saturated heterocycles. The van der Waals surface area contributed by atoms with E-state index >= 15 is 0 Å². The van der Waals surface area contributed by atoms with Gasteiger partial charge in [0.15, 0.2) is 11.5 Å². The second-order valence-corrected chi connectivity index (χ2v) is 6.08. The van der Waals surface area contributed by atoms with E-state index in [1.54, 1.807) is 0 Å². The lowest BCUT2D eigenvalue weighted by molar-refractivity contribution is 0.174. The van der Waals surface area contributed by atoms with Crippen molar-refractivity contribution < 1.29 is 9.47 Å². The van der Waals surface area contributed by atoms with Crippen molar-refractivity contribution in [2.75, 3.05) is 6.79 Å². The maximum atomic E-state index is 12.3. The molecule has 0 aliphatic carbocycles. The Morgan fingerprint density at radius 1 is 0.960 bits per heavy atom. The maximum absolute atomic E-state index is 12.3. The molecule has 0 fully saturated rings. The minimum atomic E-state index is -0.109. The Hall–Kier alpha value is -3.41. The molecule has 0 unspecified atom stereocenters. The van der Waals surface area contributed by atoms with Crippen LogP contribution in [-0.4, -0.2) is 22.0 Å². The summed E-state index contributed by atoms with van der Waals surface area (Å²) in [5, 5.41) is 6.82. The maximum Gasteiger partial charge on any atom is 0.268 e. The van der Waals surface area contributed by atoms with Gasteiger partial charge in [0.2, 0.25) is 6.79 Å². The average molecular weight is 333 g/mol. The highest BCUT2D eigenvalue weighted by Crippen LogP contribution is 2.36. The number of nitrogens with one attached hydrogen (secondary N) is 3. The summed E-state index contributed by atoms with van der Waals surface area (Å²) in [7, 11) is 0. The summed E-state index contributed by atoms with van der Waals surface area (Å²) in [5.74, 6) is 1.42. The van der Waals surface area contributed by atoms with Crippen LogP contribution >= 0.6 is 0 Å². The molecule has 0 amide bonds. The molecule has 4 aromatic rings. The minimum absolute atomic E-state index is 0.109. The number of aromatic nitrogens is 3. The van der Waals surface area contributed by atoms with Crippen LogP contribution in [0.15, 0.2) is 53.5 Å². The van der Waals surface area contributed by atoms with E-state index in [4.69, 9.17) is 9.47 Å². The molecule has 1 aliphatic heterocycles. The van der Waals surface area contributed by atoms with Crippen molar-refractivity contribution in [3.8, 4) is 22.8 Å². The fraction of sp³-hybridized carbons (Fsp3) is 0.105. The largest absolute Gasteiger partial charge is 0.454 e. The SMILES string of the molecule is O=c1[nH][nH]c(-c2ccc3c(c2)OCO3)c1Cc1ccc2[nH]ccc2c1. The highest BCUT2D eigenvalue weighted by molar-refractivity contribution is 5.80. The van der Waals surface area contributed by atoms with E-state index in [0.29, 0.717) is 17.7 Å². The zero-order chi connectivity index (χ0) is 16.8. The summed E-state index contributed by atoms with van der Waals surface area (Å²) in [5.41, 5.74) is 4.43. The standard InChI is InChI=1S/C19H15N3O3/c23-19-14(8-11-1-3-15-12(7-11)5-6-20-15)18(21-22-19)13-2-4-16-17(9-13)25-10-24-16/h1-7,9,20H,8,10H2,(H2,21,22,23). The Balaban J connectivity index is 1.55. The van der Waals surface area contributed by atoms with Crippen LogP contribution in [0.5, 0.6) is 11.5 Å². The van der Waals surface area contributed by atoms with Gasteiger partial charge in [-0.15, -0.1) is 0 Å². The highest BCUT2D eigenvalue weighted by atomic mass is 16.7. The highest BCUT2D eigenvalue weighted by Gasteiger charge is 2.18. The lowest BCUT2D eigenvalue weighted by Crippen LogP contribution is -2.06. The first-order valence-corrected chi connectivity index (χ1v) is 8.03. The molecule has 6 heteroatoms. The van der Waals surface area contributed by atoms with E-state index < -0.39 is 0 Å². The third-order valence-electron chi connectivity index (χ3n) is 4.54. The molecule has 2 aromatic carbocycles. The van der Waals surface area contributed by atoms with Gasteiger partial charge < -0.3 is 14.5 Å². The Morgan fingerprint density at radius 3 is 2.84 bits per heavy atom. The van der Waals surface area contributed by atoms with Crippen LogP contribution in [0.4, 0.5) is 0 Å². The van der Waals surface area contributed by atoms with Crippen LogP contribution in [0.25, 0.3) is 22.2 Å². The first-order chi connectivity index (χ1) is 12.3. The number of hydrogen-bond donors (Lipinski definition) is 3. The van der Waals surface area contributed by atoms with Crippen LogP contribution < -0.4 is 15.0 Å². The van der Waals surface area contributed by atoms with Gasteiger partial charge in [-0.2, -0.15) is 0 Å². The van der Waals surface area contributed by atoms with Gasteiger partial charge in [0.1, 0.15) is 0 Å². The first-order valence-electron chi connectivity index (χ1n) is 8.03. The van der Waals surface area contributed by atoms with Crippen LogP contribution in [0.1, 0.15) is 11.1 Å². The number of fused-ring (bicyclic) bond motifs is 2. The molecule has 6 nitrogen and oxygen atoms in total. The van der Waals surface area contributed by atoms with Crippen molar-refractivity contribution in [1.29, 1.82) is 0 Å². The quantitative estimate of drug-likeness (QED) is 0.538. The second-order valence-electron chi connectivity index (χ2n) is 6.08. The lowest BCUT2D eigenvalue weighted by Gasteiger charge is -2.05.